The van der Waals surface area contributed by atoms with Gasteiger partial charge in [0.25, 0.3) is 0 Å². The predicted molar refractivity (Wildman–Crippen MR) is 108 cm³/mol. The number of hydrogen-bond donors (Lipinski definition) is 1. The first-order valence-corrected chi connectivity index (χ1v) is 9.92. The van der Waals surface area contributed by atoms with Crippen molar-refractivity contribution in [2.45, 2.75) is 74.1 Å². The maximum atomic E-state index is 12.2. The molecule has 1 rings (SSSR count). The van der Waals surface area contributed by atoms with Gasteiger partial charge in [0.15, 0.2) is 0 Å². The van der Waals surface area contributed by atoms with E-state index in [0.29, 0.717) is 18.4 Å². The number of carbonyl (C=O) groups is 1. The fourth-order valence-corrected chi connectivity index (χ4v) is 3.52. The van der Waals surface area contributed by atoms with Gasteiger partial charge in [-0.05, 0) is 47.6 Å². The number of carbonyl (C=O) groups excluding carboxylic acids is 1. The van der Waals surface area contributed by atoms with Gasteiger partial charge in [-0.1, -0.05) is 73.4 Å². The topological polar surface area (TPSA) is 46.5 Å². The van der Waals surface area contributed by atoms with Crippen molar-refractivity contribution < 1.29 is 14.6 Å². The van der Waals surface area contributed by atoms with E-state index in [1.54, 1.807) is 18.2 Å². The Morgan fingerprint density at radius 3 is 2.04 bits per heavy atom. The van der Waals surface area contributed by atoms with Crippen molar-refractivity contribution in [2.24, 2.45) is 22.7 Å². The monoisotopic (exact) mass is 362 g/mol. The zero-order valence-electron chi connectivity index (χ0n) is 17.8. The fraction of sp³-hybridized carbons (Fsp3) is 0.696. The van der Waals surface area contributed by atoms with Gasteiger partial charge in [-0.3, -0.25) is 0 Å². The van der Waals surface area contributed by atoms with Crippen molar-refractivity contribution in [1.82, 2.24) is 0 Å². The van der Waals surface area contributed by atoms with Gasteiger partial charge in [0.2, 0.25) is 0 Å². The van der Waals surface area contributed by atoms with E-state index in [2.05, 4.69) is 48.5 Å². The van der Waals surface area contributed by atoms with Crippen LogP contribution in [0.2, 0.25) is 0 Å². The number of benzene rings is 1. The average molecular weight is 363 g/mol. The quantitative estimate of drug-likeness (QED) is 0.540. The van der Waals surface area contributed by atoms with Crippen molar-refractivity contribution in [3.8, 4) is 5.75 Å². The van der Waals surface area contributed by atoms with Gasteiger partial charge in [0.05, 0.1) is 6.61 Å². The average Bonchev–Trinajstić information content (AvgIpc) is 2.51. The molecule has 1 N–H and O–H groups in total. The van der Waals surface area contributed by atoms with E-state index in [9.17, 15) is 9.90 Å². The number of ether oxygens (including phenoxy) is 1. The molecule has 2 atom stereocenters. The van der Waals surface area contributed by atoms with Crippen LogP contribution in [0.15, 0.2) is 24.3 Å². The highest BCUT2D eigenvalue weighted by Gasteiger charge is 2.32. The normalized spacial score (nSPS) is 14.7. The van der Waals surface area contributed by atoms with E-state index >= 15 is 0 Å². The van der Waals surface area contributed by atoms with Crippen molar-refractivity contribution in [1.29, 1.82) is 0 Å². The lowest BCUT2D eigenvalue weighted by molar-refractivity contribution is 0.0407. The maximum Gasteiger partial charge on any atom is 0.341 e. The minimum absolute atomic E-state index is 0.0272. The Kier molecular flexibility index (Phi) is 8.17. The summed E-state index contributed by atoms with van der Waals surface area (Å²) in [4.78, 5) is 12.2. The third-order valence-electron chi connectivity index (χ3n) is 5.48. The second-order valence-electron chi connectivity index (χ2n) is 9.59. The van der Waals surface area contributed by atoms with Crippen molar-refractivity contribution >= 4 is 5.97 Å². The molecule has 148 valence electrons. The Labute approximate surface area is 160 Å². The lowest BCUT2D eigenvalue weighted by Crippen LogP contribution is -2.30. The summed E-state index contributed by atoms with van der Waals surface area (Å²) < 4.78 is 5.46. The van der Waals surface area contributed by atoms with Crippen LogP contribution >= 0.6 is 0 Å². The summed E-state index contributed by atoms with van der Waals surface area (Å²) in [5.41, 5.74) is 0.684. The van der Waals surface area contributed by atoms with Crippen LogP contribution in [0, 0.1) is 22.7 Å². The van der Waals surface area contributed by atoms with Gasteiger partial charge in [0, 0.05) is 0 Å². The molecule has 0 aliphatic heterocycles. The molecule has 0 aliphatic rings. The third kappa shape index (κ3) is 7.01. The van der Waals surface area contributed by atoms with Gasteiger partial charge in [-0.15, -0.1) is 0 Å². The van der Waals surface area contributed by atoms with Gasteiger partial charge >= 0.3 is 5.97 Å². The molecule has 0 bridgehead atoms. The van der Waals surface area contributed by atoms with Crippen LogP contribution in [0.5, 0.6) is 5.75 Å². The number of hydrogen-bond acceptors (Lipinski definition) is 3. The predicted octanol–water partition coefficient (Wildman–Crippen LogP) is 6.45. The van der Waals surface area contributed by atoms with Gasteiger partial charge in [0.1, 0.15) is 11.3 Å². The molecule has 3 heteroatoms. The molecule has 1 aromatic rings. The van der Waals surface area contributed by atoms with Crippen LogP contribution in [-0.4, -0.2) is 17.7 Å². The summed E-state index contributed by atoms with van der Waals surface area (Å²) in [7, 11) is 0. The maximum absolute atomic E-state index is 12.2. The van der Waals surface area contributed by atoms with Gasteiger partial charge in [-0.2, -0.15) is 0 Å². The Balaban J connectivity index is 2.71. The SMILES string of the molecule is CCCC(CC(CCOC(=O)c1ccccc1O)C(C)(C)C)C(C)(C)C. The van der Waals surface area contributed by atoms with E-state index in [4.69, 9.17) is 4.74 Å². The Morgan fingerprint density at radius 2 is 1.54 bits per heavy atom. The number of esters is 1. The molecule has 0 aliphatic carbocycles. The minimum atomic E-state index is -0.448. The Morgan fingerprint density at radius 1 is 1.00 bits per heavy atom. The number of phenolic OH excluding ortho intramolecular Hbond substituents is 1. The number of para-hydroxylation sites is 1. The van der Waals surface area contributed by atoms with Crippen molar-refractivity contribution in [2.75, 3.05) is 6.61 Å². The van der Waals surface area contributed by atoms with Gasteiger partial charge in [-0.25, -0.2) is 4.79 Å². The minimum Gasteiger partial charge on any atom is -0.507 e. The Hall–Kier alpha value is -1.51. The van der Waals surface area contributed by atoms with Crippen LogP contribution in [-0.2, 0) is 4.74 Å². The molecule has 0 heterocycles. The molecule has 26 heavy (non-hydrogen) atoms. The van der Waals surface area contributed by atoms with E-state index in [-0.39, 0.29) is 22.1 Å². The summed E-state index contributed by atoms with van der Waals surface area (Å²) in [5.74, 6) is 0.665. The van der Waals surface area contributed by atoms with Gasteiger partial charge < -0.3 is 9.84 Å². The summed E-state index contributed by atoms with van der Waals surface area (Å²) in [6.07, 6.45) is 4.42. The Bertz CT molecular complexity index is 564. The summed E-state index contributed by atoms with van der Waals surface area (Å²) in [5, 5.41) is 9.79. The summed E-state index contributed by atoms with van der Waals surface area (Å²) in [6.45, 7) is 16.4. The first kappa shape index (κ1) is 22.5. The zero-order valence-corrected chi connectivity index (χ0v) is 17.8. The first-order chi connectivity index (χ1) is 12.0. The highest BCUT2D eigenvalue weighted by molar-refractivity contribution is 5.92. The number of phenols is 1. The van der Waals surface area contributed by atoms with Crippen LogP contribution in [0.25, 0.3) is 0 Å². The van der Waals surface area contributed by atoms with Crippen molar-refractivity contribution in [3.63, 3.8) is 0 Å². The molecule has 0 saturated carbocycles. The third-order valence-corrected chi connectivity index (χ3v) is 5.48. The number of rotatable bonds is 8. The number of aromatic hydroxyl groups is 1. The van der Waals surface area contributed by atoms with Crippen molar-refractivity contribution in [3.05, 3.63) is 29.8 Å². The fourth-order valence-electron chi connectivity index (χ4n) is 3.52. The molecular formula is C23H38O3. The molecule has 0 radical (unpaired) electrons. The second-order valence-corrected chi connectivity index (χ2v) is 9.59. The van der Waals surface area contributed by atoms with Crippen LogP contribution in [0.3, 0.4) is 0 Å². The molecule has 3 nitrogen and oxygen atoms in total. The summed E-state index contributed by atoms with van der Waals surface area (Å²) >= 11 is 0. The zero-order chi connectivity index (χ0) is 20.0. The largest absolute Gasteiger partial charge is 0.507 e. The van der Waals surface area contributed by atoms with E-state index < -0.39 is 5.97 Å². The second kappa shape index (κ2) is 9.43. The highest BCUT2D eigenvalue weighted by Crippen LogP contribution is 2.41. The molecule has 0 spiro atoms. The smallest absolute Gasteiger partial charge is 0.341 e. The molecule has 0 aromatic heterocycles. The lowest BCUT2D eigenvalue weighted by Gasteiger charge is -2.38. The van der Waals surface area contributed by atoms with E-state index in [1.165, 1.54) is 18.9 Å². The summed E-state index contributed by atoms with van der Waals surface area (Å²) in [6, 6.07) is 6.53. The van der Waals surface area contributed by atoms with Crippen LogP contribution in [0.1, 0.15) is 84.5 Å². The van der Waals surface area contributed by atoms with Crippen LogP contribution < -0.4 is 0 Å². The van der Waals surface area contributed by atoms with E-state index in [1.807, 2.05) is 0 Å². The molecule has 1 aromatic carbocycles. The first-order valence-electron chi connectivity index (χ1n) is 9.92. The molecule has 0 saturated heterocycles. The van der Waals surface area contributed by atoms with Crippen LogP contribution in [0.4, 0.5) is 0 Å². The van der Waals surface area contributed by atoms with E-state index in [0.717, 1.165) is 12.8 Å². The highest BCUT2D eigenvalue weighted by atomic mass is 16.5. The molecular weight excluding hydrogens is 324 g/mol. The standard InChI is InChI=1S/C23H38O3/c1-8-11-17(22(2,3)4)16-18(23(5,6)7)14-15-26-21(25)19-12-9-10-13-20(19)24/h9-10,12-13,17-18,24H,8,11,14-16H2,1-7H3. The molecule has 0 amide bonds. The lowest BCUT2D eigenvalue weighted by atomic mass is 9.67. The molecule has 2 unspecified atom stereocenters. The molecule has 0 fully saturated rings.